The topological polar surface area (TPSA) is 80.3 Å². The van der Waals surface area contributed by atoms with Crippen LogP contribution in [0.25, 0.3) is 0 Å². The lowest BCUT2D eigenvalue weighted by atomic mass is 10.2. The standard InChI is InChI=1S/C13H23N3O3S/c1-4-6-14-13-8-12(5-7-15-13)20(17,18)16-9-11(2)10-19-3/h5,7-8,11,16H,4,6,9-10H2,1-3H3,(H,14,15). The number of hydrogen-bond acceptors (Lipinski definition) is 5. The molecule has 0 saturated heterocycles. The zero-order valence-electron chi connectivity index (χ0n) is 12.2. The average molecular weight is 301 g/mol. The van der Waals surface area contributed by atoms with Crippen LogP contribution in [0.5, 0.6) is 0 Å². The molecule has 0 aromatic carbocycles. The van der Waals surface area contributed by atoms with E-state index in [1.165, 1.54) is 12.3 Å². The van der Waals surface area contributed by atoms with Gasteiger partial charge in [-0.3, -0.25) is 0 Å². The molecule has 2 N–H and O–H groups in total. The molecule has 6 nitrogen and oxygen atoms in total. The second-order valence-corrected chi connectivity index (χ2v) is 6.48. The number of methoxy groups -OCH3 is 1. The van der Waals surface area contributed by atoms with Crippen molar-refractivity contribution in [2.45, 2.75) is 25.2 Å². The molecule has 0 saturated carbocycles. The maximum Gasteiger partial charge on any atom is 0.240 e. The van der Waals surface area contributed by atoms with Crippen molar-refractivity contribution in [3.8, 4) is 0 Å². The third kappa shape index (κ3) is 5.44. The zero-order valence-corrected chi connectivity index (χ0v) is 13.0. The molecule has 0 fully saturated rings. The third-order valence-electron chi connectivity index (χ3n) is 2.67. The van der Waals surface area contributed by atoms with Crippen LogP contribution in [0.15, 0.2) is 23.2 Å². The maximum atomic E-state index is 12.2. The molecular formula is C13H23N3O3S. The van der Waals surface area contributed by atoms with E-state index in [0.29, 0.717) is 19.0 Å². The Morgan fingerprint density at radius 3 is 2.85 bits per heavy atom. The van der Waals surface area contributed by atoms with E-state index in [2.05, 4.69) is 15.0 Å². The number of hydrogen-bond donors (Lipinski definition) is 2. The minimum atomic E-state index is -3.51. The Kier molecular flexibility index (Phi) is 6.90. The Hall–Kier alpha value is -1.18. The molecule has 20 heavy (non-hydrogen) atoms. The van der Waals surface area contributed by atoms with Gasteiger partial charge in [0.2, 0.25) is 10.0 Å². The van der Waals surface area contributed by atoms with Crippen LogP contribution in [0.2, 0.25) is 0 Å². The van der Waals surface area contributed by atoms with Crippen LogP contribution in [-0.2, 0) is 14.8 Å². The maximum absolute atomic E-state index is 12.2. The molecule has 0 aliphatic heterocycles. The summed E-state index contributed by atoms with van der Waals surface area (Å²) in [5.74, 6) is 0.689. The highest BCUT2D eigenvalue weighted by Gasteiger charge is 2.15. The lowest BCUT2D eigenvalue weighted by molar-refractivity contribution is 0.161. The molecule has 0 spiro atoms. The Bertz CT molecular complexity index is 505. The van der Waals surface area contributed by atoms with E-state index in [1.54, 1.807) is 13.2 Å². The number of anilines is 1. The summed E-state index contributed by atoms with van der Waals surface area (Å²) >= 11 is 0. The summed E-state index contributed by atoms with van der Waals surface area (Å²) in [6.45, 7) is 5.58. The minimum Gasteiger partial charge on any atom is -0.384 e. The number of pyridine rings is 1. The zero-order chi connectivity index (χ0) is 15.0. The van der Waals surface area contributed by atoms with E-state index < -0.39 is 10.0 Å². The molecule has 0 aliphatic rings. The average Bonchev–Trinajstić information content (AvgIpc) is 2.44. The van der Waals surface area contributed by atoms with Crippen LogP contribution in [0.4, 0.5) is 5.82 Å². The lowest BCUT2D eigenvalue weighted by Crippen LogP contribution is -2.30. The molecule has 0 radical (unpaired) electrons. The van der Waals surface area contributed by atoms with Crippen molar-refractivity contribution in [1.29, 1.82) is 0 Å². The van der Waals surface area contributed by atoms with E-state index in [4.69, 9.17) is 4.74 Å². The highest BCUT2D eigenvalue weighted by atomic mass is 32.2. The van der Waals surface area contributed by atoms with E-state index in [0.717, 1.165) is 13.0 Å². The molecule has 0 bridgehead atoms. The first kappa shape index (κ1) is 16.9. The van der Waals surface area contributed by atoms with Gasteiger partial charge in [0, 0.05) is 39.1 Å². The third-order valence-corrected chi connectivity index (χ3v) is 4.09. The lowest BCUT2D eigenvalue weighted by Gasteiger charge is -2.12. The summed E-state index contributed by atoms with van der Waals surface area (Å²) in [5, 5.41) is 3.07. The van der Waals surface area contributed by atoms with E-state index in [-0.39, 0.29) is 10.8 Å². The number of nitrogens with one attached hydrogen (secondary N) is 2. The highest BCUT2D eigenvalue weighted by Crippen LogP contribution is 2.12. The van der Waals surface area contributed by atoms with Crippen molar-refractivity contribution >= 4 is 15.8 Å². The molecule has 0 amide bonds. The van der Waals surface area contributed by atoms with Crippen molar-refractivity contribution in [3.63, 3.8) is 0 Å². The molecule has 1 atom stereocenters. The summed E-state index contributed by atoms with van der Waals surface area (Å²) in [7, 11) is -1.91. The summed E-state index contributed by atoms with van der Waals surface area (Å²) in [5.41, 5.74) is 0. The van der Waals surface area contributed by atoms with Crippen LogP contribution in [0, 0.1) is 5.92 Å². The van der Waals surface area contributed by atoms with Crippen molar-refractivity contribution in [2.24, 2.45) is 5.92 Å². The first-order valence-electron chi connectivity index (χ1n) is 6.68. The SMILES string of the molecule is CCCNc1cc(S(=O)(=O)NCC(C)COC)ccn1. The van der Waals surface area contributed by atoms with Crippen molar-refractivity contribution in [3.05, 3.63) is 18.3 Å². The second kappa shape index (κ2) is 8.18. The molecule has 7 heteroatoms. The van der Waals surface area contributed by atoms with Gasteiger partial charge in [-0.05, 0) is 18.4 Å². The van der Waals surface area contributed by atoms with Crippen LogP contribution in [0.1, 0.15) is 20.3 Å². The molecule has 1 unspecified atom stereocenters. The number of ether oxygens (including phenoxy) is 1. The van der Waals surface area contributed by atoms with Gasteiger partial charge in [-0.1, -0.05) is 13.8 Å². The van der Waals surface area contributed by atoms with Gasteiger partial charge < -0.3 is 10.1 Å². The normalized spacial score (nSPS) is 13.2. The number of sulfonamides is 1. The molecular weight excluding hydrogens is 278 g/mol. The van der Waals surface area contributed by atoms with Crippen molar-refractivity contribution < 1.29 is 13.2 Å². The molecule has 0 aliphatic carbocycles. The summed E-state index contributed by atoms with van der Waals surface area (Å²) in [6.07, 6.45) is 2.44. The highest BCUT2D eigenvalue weighted by molar-refractivity contribution is 7.89. The van der Waals surface area contributed by atoms with Crippen molar-refractivity contribution in [2.75, 3.05) is 32.1 Å². The summed E-state index contributed by atoms with van der Waals surface area (Å²) in [4.78, 5) is 4.31. The Balaban J connectivity index is 2.71. The van der Waals surface area contributed by atoms with Gasteiger partial charge in [-0.2, -0.15) is 0 Å². The predicted molar refractivity (Wildman–Crippen MR) is 79.2 cm³/mol. The van der Waals surface area contributed by atoms with E-state index >= 15 is 0 Å². The van der Waals surface area contributed by atoms with Gasteiger partial charge in [0.15, 0.2) is 0 Å². The van der Waals surface area contributed by atoms with Gasteiger partial charge >= 0.3 is 0 Å². The van der Waals surface area contributed by atoms with E-state index in [9.17, 15) is 8.42 Å². The van der Waals surface area contributed by atoms with Crippen LogP contribution in [0.3, 0.4) is 0 Å². The smallest absolute Gasteiger partial charge is 0.240 e. The Morgan fingerprint density at radius 2 is 2.20 bits per heavy atom. The van der Waals surface area contributed by atoms with Gasteiger partial charge in [0.05, 0.1) is 4.90 Å². The molecule has 1 aromatic rings. The quantitative estimate of drug-likeness (QED) is 0.722. The van der Waals surface area contributed by atoms with Crippen LogP contribution < -0.4 is 10.0 Å². The Morgan fingerprint density at radius 1 is 1.45 bits per heavy atom. The molecule has 1 aromatic heterocycles. The van der Waals surface area contributed by atoms with Gasteiger partial charge in [0.1, 0.15) is 5.82 Å². The number of rotatable bonds is 9. The summed E-state index contributed by atoms with van der Waals surface area (Å²) in [6, 6.07) is 3.03. The van der Waals surface area contributed by atoms with Gasteiger partial charge in [0.25, 0.3) is 0 Å². The fourth-order valence-corrected chi connectivity index (χ4v) is 2.78. The number of aromatic nitrogens is 1. The van der Waals surface area contributed by atoms with Crippen molar-refractivity contribution in [1.82, 2.24) is 9.71 Å². The minimum absolute atomic E-state index is 0.120. The molecule has 1 heterocycles. The molecule has 114 valence electrons. The first-order valence-corrected chi connectivity index (χ1v) is 8.16. The second-order valence-electron chi connectivity index (χ2n) is 4.72. The largest absolute Gasteiger partial charge is 0.384 e. The van der Waals surface area contributed by atoms with E-state index in [1.807, 2.05) is 13.8 Å². The van der Waals surface area contributed by atoms with Gasteiger partial charge in [-0.25, -0.2) is 18.1 Å². The molecule has 1 rings (SSSR count). The van der Waals surface area contributed by atoms with Gasteiger partial charge in [-0.15, -0.1) is 0 Å². The van der Waals surface area contributed by atoms with Crippen LogP contribution >= 0.6 is 0 Å². The number of nitrogens with zero attached hydrogens (tertiary/aromatic N) is 1. The fraction of sp³-hybridized carbons (Fsp3) is 0.615. The Labute approximate surface area is 121 Å². The monoisotopic (exact) mass is 301 g/mol. The summed E-state index contributed by atoms with van der Waals surface area (Å²) < 4.78 is 31.9. The van der Waals surface area contributed by atoms with Crippen LogP contribution in [-0.4, -0.2) is 40.2 Å². The fourth-order valence-electron chi connectivity index (χ4n) is 1.61. The predicted octanol–water partition coefficient (Wildman–Crippen LogP) is 1.46. The first-order chi connectivity index (χ1) is 9.49.